The third-order valence-electron chi connectivity index (χ3n) is 7.95. The summed E-state index contributed by atoms with van der Waals surface area (Å²) in [7, 11) is 3.39. The Morgan fingerprint density at radius 1 is 1.22 bits per heavy atom. The largest absolute Gasteiger partial charge is 0.494 e. The van der Waals surface area contributed by atoms with Gasteiger partial charge >= 0.3 is 0 Å². The molecular weight excluding hydrogens is 608 g/mol. The Bertz CT molecular complexity index is 1540. The average molecular weight is 643 g/mol. The highest BCUT2D eigenvalue weighted by Gasteiger charge is 2.44. The zero-order valence-electron chi connectivity index (χ0n) is 24.9. The average Bonchev–Trinajstić information content (AvgIpc) is 3.85. The molecule has 2 saturated carbocycles. The van der Waals surface area contributed by atoms with Crippen LogP contribution in [-0.4, -0.2) is 79.3 Å². The lowest BCUT2D eigenvalue weighted by Gasteiger charge is -2.31. The number of aromatic nitrogens is 1. The number of carbonyl (C=O) groups excluding carboxylic acids is 1. The Hall–Kier alpha value is -4.02. The standard InChI is InChI=1S/C32H34F4N6O2S/c1-41(9-10-42(11-12-43)23-7-8-23)24-6-4-21(25(13-24)26-14-27(29(33)34)37-19-28(26)44-2)17-38-30-31(45)40-22(18-39-30)5-3-20-15-32(35,36)16-20/h4,6,12-14,17-20,23,29-30,39H,7-11,15-16H2,1-2H3,(H,40,45)/b38-17+. The van der Waals surface area contributed by atoms with Crippen molar-refractivity contribution in [1.29, 1.82) is 0 Å². The summed E-state index contributed by atoms with van der Waals surface area (Å²) in [6.07, 6.45) is 3.68. The molecule has 2 heterocycles. The number of halogens is 4. The van der Waals surface area contributed by atoms with Gasteiger partial charge in [0.05, 0.1) is 19.9 Å². The first-order valence-electron chi connectivity index (χ1n) is 14.6. The van der Waals surface area contributed by atoms with Gasteiger partial charge in [0.2, 0.25) is 0 Å². The highest BCUT2D eigenvalue weighted by Crippen LogP contribution is 2.42. The number of nitrogens with zero attached hydrogens (tertiary/aromatic N) is 4. The van der Waals surface area contributed by atoms with E-state index < -0.39 is 18.5 Å². The van der Waals surface area contributed by atoms with Gasteiger partial charge in [0.25, 0.3) is 12.3 Å². The van der Waals surface area contributed by atoms with Crippen LogP contribution in [0.15, 0.2) is 47.4 Å². The van der Waals surface area contributed by atoms with Crippen LogP contribution in [0.5, 0.6) is 5.75 Å². The zero-order valence-corrected chi connectivity index (χ0v) is 25.7. The molecule has 0 amide bonds. The maximum atomic E-state index is 13.7. The van der Waals surface area contributed by atoms with E-state index in [4.69, 9.17) is 17.0 Å². The summed E-state index contributed by atoms with van der Waals surface area (Å²) < 4.78 is 59.1. The highest BCUT2D eigenvalue weighted by atomic mass is 32.1. The van der Waals surface area contributed by atoms with Crippen molar-refractivity contribution in [2.24, 2.45) is 10.9 Å². The number of hydrogen-bond donors (Lipinski definition) is 2. The predicted molar refractivity (Wildman–Crippen MR) is 169 cm³/mol. The Morgan fingerprint density at radius 3 is 2.64 bits per heavy atom. The lowest BCUT2D eigenvalue weighted by molar-refractivity contribution is -0.109. The number of hydrogen-bond acceptors (Lipinski definition) is 8. The van der Waals surface area contributed by atoms with Crippen molar-refractivity contribution in [3.63, 3.8) is 0 Å². The molecule has 0 bridgehead atoms. The fraction of sp³-hybridized carbons (Fsp3) is 0.438. The number of nitrogens with one attached hydrogen (secondary N) is 2. The van der Waals surface area contributed by atoms with Gasteiger partial charge in [-0.25, -0.2) is 17.6 Å². The summed E-state index contributed by atoms with van der Waals surface area (Å²) >= 11 is 5.48. The number of carbonyl (C=O) groups is 1. The number of aliphatic imine (C=N–C) groups is 1. The van der Waals surface area contributed by atoms with Crippen molar-refractivity contribution in [3.8, 4) is 28.7 Å². The third-order valence-corrected chi connectivity index (χ3v) is 8.28. The van der Waals surface area contributed by atoms with E-state index in [1.807, 2.05) is 30.1 Å². The molecule has 238 valence electrons. The molecule has 0 saturated heterocycles. The molecule has 2 N–H and O–H groups in total. The predicted octanol–water partition coefficient (Wildman–Crippen LogP) is 4.95. The van der Waals surface area contributed by atoms with Gasteiger partial charge in [-0.2, -0.15) is 0 Å². The molecule has 2 aromatic rings. The van der Waals surface area contributed by atoms with E-state index in [1.54, 1.807) is 12.4 Å². The highest BCUT2D eigenvalue weighted by molar-refractivity contribution is 7.80. The van der Waals surface area contributed by atoms with Gasteiger partial charge in [0.1, 0.15) is 28.4 Å². The minimum absolute atomic E-state index is 0.241. The van der Waals surface area contributed by atoms with E-state index >= 15 is 0 Å². The Kier molecular flexibility index (Phi) is 10.0. The quantitative estimate of drug-likeness (QED) is 0.111. The van der Waals surface area contributed by atoms with Crippen LogP contribution in [0.2, 0.25) is 0 Å². The van der Waals surface area contributed by atoms with Gasteiger partial charge in [-0.3, -0.25) is 14.9 Å². The number of anilines is 1. The number of benzene rings is 1. The Balaban J connectivity index is 1.39. The van der Waals surface area contributed by atoms with Crippen LogP contribution in [0.1, 0.15) is 43.4 Å². The molecule has 2 aliphatic carbocycles. The SMILES string of the molecule is COc1cnc(C(F)F)cc1-c1cc(N(C)CCN(CC=O)C2CC2)ccc1/C=N/C1NC=C(C#CC2CC(F)(F)C2)NC1=S. The van der Waals surface area contributed by atoms with Crippen LogP contribution in [0.3, 0.4) is 0 Å². The number of thiocarbonyl (C=S) groups is 1. The molecule has 1 unspecified atom stereocenters. The Morgan fingerprint density at radius 2 is 2.00 bits per heavy atom. The van der Waals surface area contributed by atoms with Gasteiger partial charge in [0.15, 0.2) is 6.17 Å². The monoisotopic (exact) mass is 642 g/mol. The van der Waals surface area contributed by atoms with Gasteiger partial charge in [-0.05, 0) is 42.5 Å². The molecule has 45 heavy (non-hydrogen) atoms. The van der Waals surface area contributed by atoms with Gasteiger partial charge < -0.3 is 25.1 Å². The summed E-state index contributed by atoms with van der Waals surface area (Å²) in [5.74, 6) is 3.03. The van der Waals surface area contributed by atoms with Crippen LogP contribution in [-0.2, 0) is 4.79 Å². The first-order valence-corrected chi connectivity index (χ1v) is 15.0. The van der Waals surface area contributed by atoms with Crippen molar-refractivity contribution in [2.75, 3.05) is 38.7 Å². The maximum Gasteiger partial charge on any atom is 0.280 e. The second kappa shape index (κ2) is 14.0. The molecule has 5 rings (SSSR count). The first kappa shape index (κ1) is 32.4. The number of alkyl halides is 4. The summed E-state index contributed by atoms with van der Waals surface area (Å²) in [4.78, 5) is 24.1. The van der Waals surface area contributed by atoms with Crippen molar-refractivity contribution < 1.29 is 27.1 Å². The fourth-order valence-corrected chi connectivity index (χ4v) is 5.43. The minimum atomic E-state index is -2.77. The number of aldehydes is 1. The van der Waals surface area contributed by atoms with E-state index in [0.29, 0.717) is 58.8 Å². The fourth-order valence-electron chi connectivity index (χ4n) is 5.20. The number of likely N-dealkylation sites (N-methyl/N-ethyl adjacent to an activating group) is 1. The van der Waals surface area contributed by atoms with Crippen LogP contribution in [0.25, 0.3) is 11.1 Å². The van der Waals surface area contributed by atoms with E-state index in [-0.39, 0.29) is 24.5 Å². The molecule has 1 aromatic heterocycles. The molecule has 0 spiro atoms. The molecule has 2 fully saturated rings. The number of methoxy groups -OCH3 is 1. The number of ether oxygens (including phenoxy) is 1. The summed E-state index contributed by atoms with van der Waals surface area (Å²) in [5.41, 5.74) is 2.57. The zero-order chi connectivity index (χ0) is 32.1. The molecule has 0 radical (unpaired) electrons. The lowest BCUT2D eigenvalue weighted by atomic mass is 9.82. The van der Waals surface area contributed by atoms with E-state index in [0.717, 1.165) is 24.8 Å². The summed E-state index contributed by atoms with van der Waals surface area (Å²) in [6.45, 7) is 1.75. The van der Waals surface area contributed by atoms with Gasteiger partial charge in [-0.15, -0.1) is 0 Å². The van der Waals surface area contributed by atoms with Crippen LogP contribution < -0.4 is 20.3 Å². The van der Waals surface area contributed by atoms with Gasteiger partial charge in [-0.1, -0.05) is 24.2 Å². The van der Waals surface area contributed by atoms with Crippen LogP contribution in [0, 0.1) is 17.8 Å². The molecule has 8 nitrogen and oxygen atoms in total. The van der Waals surface area contributed by atoms with Crippen molar-refractivity contribution >= 4 is 35.4 Å². The second-order valence-electron chi connectivity index (χ2n) is 11.3. The van der Waals surface area contributed by atoms with Crippen molar-refractivity contribution in [1.82, 2.24) is 20.5 Å². The topological polar surface area (TPSA) is 82.1 Å². The molecule has 1 atom stereocenters. The van der Waals surface area contributed by atoms with E-state index in [2.05, 4.69) is 37.4 Å². The van der Waals surface area contributed by atoms with Crippen LogP contribution >= 0.6 is 12.2 Å². The molecule has 3 aliphatic rings. The minimum Gasteiger partial charge on any atom is -0.494 e. The van der Waals surface area contributed by atoms with Gasteiger partial charge in [0, 0.05) is 74.2 Å². The van der Waals surface area contributed by atoms with Crippen molar-refractivity contribution in [3.05, 3.63) is 53.6 Å². The van der Waals surface area contributed by atoms with E-state index in [1.165, 1.54) is 19.4 Å². The molecular formula is C32H34F4N6O2S. The molecule has 1 aromatic carbocycles. The van der Waals surface area contributed by atoms with Crippen LogP contribution in [0.4, 0.5) is 23.2 Å². The van der Waals surface area contributed by atoms with Crippen molar-refractivity contribution in [2.45, 2.75) is 50.2 Å². The van der Waals surface area contributed by atoms with E-state index in [9.17, 15) is 22.4 Å². The number of allylic oxidation sites excluding steroid dienone is 1. The maximum absolute atomic E-state index is 13.7. The number of rotatable bonds is 12. The molecule has 1 aliphatic heterocycles. The summed E-state index contributed by atoms with van der Waals surface area (Å²) in [6, 6.07) is 7.40. The molecule has 13 heteroatoms. The summed E-state index contributed by atoms with van der Waals surface area (Å²) in [5, 5.41) is 6.06. The lowest BCUT2D eigenvalue weighted by Crippen LogP contribution is -2.44. The number of pyridine rings is 1. The smallest absolute Gasteiger partial charge is 0.280 e. The Labute approximate surface area is 264 Å². The third kappa shape index (κ3) is 8.18. The normalized spacial score (nSPS) is 19.3. The second-order valence-corrected chi connectivity index (χ2v) is 11.8. The first-order chi connectivity index (χ1) is 21.6.